The molecule has 10 heteroatoms. The number of unbranched alkanes of at least 4 members (excludes halogenated alkanes) is 11. The Morgan fingerprint density at radius 3 is 1.36 bits per heavy atom. The molecule has 2 atom stereocenters. The summed E-state index contributed by atoms with van der Waals surface area (Å²) in [7, 11) is 1.42. The maximum absolute atomic E-state index is 12.7. The van der Waals surface area contributed by atoms with Crippen molar-refractivity contribution in [3.8, 4) is 0 Å². The highest BCUT2D eigenvalue weighted by molar-refractivity contribution is 7.47. The van der Waals surface area contributed by atoms with Gasteiger partial charge < -0.3 is 18.9 Å². The molecule has 0 saturated carbocycles. The number of carbonyl (C=O) groups excluding carboxylic acids is 2. The van der Waals surface area contributed by atoms with Crippen molar-refractivity contribution in [1.29, 1.82) is 0 Å². The summed E-state index contributed by atoms with van der Waals surface area (Å²) >= 11 is 0. The number of quaternary nitrogens is 1. The van der Waals surface area contributed by atoms with Crippen LogP contribution in [-0.2, 0) is 32.7 Å². The highest BCUT2D eigenvalue weighted by Gasteiger charge is 2.27. The van der Waals surface area contributed by atoms with E-state index in [1.807, 2.05) is 21.1 Å². The van der Waals surface area contributed by atoms with E-state index in [9.17, 15) is 19.0 Å². The van der Waals surface area contributed by atoms with E-state index in [1.54, 1.807) is 0 Å². The van der Waals surface area contributed by atoms with Gasteiger partial charge in [-0.05, 0) is 103 Å². The molecule has 0 rings (SSSR count). The molecule has 0 heterocycles. The second kappa shape index (κ2) is 44.9. The zero-order valence-electron chi connectivity index (χ0n) is 41.0. The SMILES string of the molecule is CC/C=C\C/C=C\C/C=C\C/C=C\C/C=C\C/C=C\CCCCC(=O)OC(COC(=O)CCCCCCCC/C=C\C/C=C\C/C=C\CCCCC)COP(=O)(O)OCC[N+](C)(C)C. The van der Waals surface area contributed by atoms with Gasteiger partial charge in [-0.25, -0.2) is 4.57 Å². The molecule has 0 aliphatic heterocycles. The summed E-state index contributed by atoms with van der Waals surface area (Å²) in [5.74, 6) is -0.874. The predicted molar refractivity (Wildman–Crippen MR) is 270 cm³/mol. The van der Waals surface area contributed by atoms with E-state index in [1.165, 1.54) is 25.7 Å². The van der Waals surface area contributed by atoms with Crippen LogP contribution < -0.4 is 0 Å². The molecule has 0 aromatic rings. The molecule has 0 bridgehead atoms. The van der Waals surface area contributed by atoms with Crippen molar-refractivity contribution in [2.75, 3.05) is 47.5 Å². The lowest BCUT2D eigenvalue weighted by atomic mass is 10.1. The van der Waals surface area contributed by atoms with E-state index in [0.717, 1.165) is 103 Å². The van der Waals surface area contributed by atoms with Gasteiger partial charge in [0.1, 0.15) is 19.8 Å². The minimum absolute atomic E-state index is 0.0140. The Morgan fingerprint density at radius 2 is 0.891 bits per heavy atom. The molecule has 2 unspecified atom stereocenters. The van der Waals surface area contributed by atoms with Crippen LogP contribution in [0.2, 0.25) is 0 Å². The van der Waals surface area contributed by atoms with Crippen molar-refractivity contribution in [2.45, 2.75) is 174 Å². The molecule has 64 heavy (non-hydrogen) atoms. The van der Waals surface area contributed by atoms with Crippen LogP contribution in [-0.4, -0.2) is 74.9 Å². The van der Waals surface area contributed by atoms with Gasteiger partial charge in [-0.1, -0.05) is 162 Å². The van der Waals surface area contributed by atoms with Gasteiger partial charge in [0.05, 0.1) is 27.7 Å². The van der Waals surface area contributed by atoms with Crippen LogP contribution >= 0.6 is 7.82 Å². The Bertz CT molecular complexity index is 1450. The van der Waals surface area contributed by atoms with Crippen molar-refractivity contribution in [3.05, 3.63) is 109 Å². The maximum atomic E-state index is 12.7. The Morgan fingerprint density at radius 1 is 0.500 bits per heavy atom. The zero-order chi connectivity index (χ0) is 47.1. The van der Waals surface area contributed by atoms with Gasteiger partial charge in [-0.2, -0.15) is 0 Å². The number of allylic oxidation sites excluding steroid dienone is 18. The lowest BCUT2D eigenvalue weighted by Crippen LogP contribution is -2.37. The van der Waals surface area contributed by atoms with Gasteiger partial charge in [-0.3, -0.25) is 18.6 Å². The molecule has 364 valence electrons. The number of carbonyl (C=O) groups is 2. The minimum atomic E-state index is -4.40. The van der Waals surface area contributed by atoms with E-state index >= 15 is 0 Å². The van der Waals surface area contributed by atoms with Gasteiger partial charge in [0.15, 0.2) is 6.10 Å². The lowest BCUT2D eigenvalue weighted by molar-refractivity contribution is -0.870. The quantitative estimate of drug-likeness (QED) is 0.0212. The minimum Gasteiger partial charge on any atom is -0.462 e. The number of esters is 2. The number of phosphoric acid groups is 1. The summed E-state index contributed by atoms with van der Waals surface area (Å²) < 4.78 is 34.3. The third-order valence-corrected chi connectivity index (χ3v) is 10.8. The van der Waals surface area contributed by atoms with Crippen LogP contribution in [0, 0.1) is 0 Å². The number of ether oxygens (including phenoxy) is 2. The predicted octanol–water partition coefficient (Wildman–Crippen LogP) is 14.7. The van der Waals surface area contributed by atoms with Crippen molar-refractivity contribution in [3.63, 3.8) is 0 Å². The van der Waals surface area contributed by atoms with Crippen LogP contribution in [0.5, 0.6) is 0 Å². The Kier molecular flexibility index (Phi) is 42.5. The van der Waals surface area contributed by atoms with E-state index in [4.69, 9.17) is 18.5 Å². The highest BCUT2D eigenvalue weighted by atomic mass is 31.2. The molecule has 0 aromatic carbocycles. The fourth-order valence-corrected chi connectivity index (χ4v) is 6.70. The molecule has 0 radical (unpaired) electrons. The van der Waals surface area contributed by atoms with Crippen LogP contribution in [0.1, 0.15) is 168 Å². The van der Waals surface area contributed by atoms with Gasteiger partial charge in [0.25, 0.3) is 0 Å². The lowest BCUT2D eigenvalue weighted by Gasteiger charge is -2.24. The Labute approximate surface area is 391 Å². The third-order valence-electron chi connectivity index (χ3n) is 9.79. The van der Waals surface area contributed by atoms with Gasteiger partial charge in [-0.15, -0.1) is 0 Å². The van der Waals surface area contributed by atoms with Crippen molar-refractivity contribution >= 4 is 19.8 Å². The molecule has 0 amide bonds. The zero-order valence-corrected chi connectivity index (χ0v) is 41.9. The summed E-state index contributed by atoms with van der Waals surface area (Å²) in [6.07, 6.45) is 61.4. The second-order valence-electron chi connectivity index (χ2n) is 17.1. The third kappa shape index (κ3) is 48.1. The van der Waals surface area contributed by atoms with E-state index < -0.39 is 32.5 Å². The summed E-state index contributed by atoms with van der Waals surface area (Å²) in [5, 5.41) is 0. The molecular weight excluding hydrogens is 822 g/mol. The molecule has 0 aromatic heterocycles. The fourth-order valence-electron chi connectivity index (χ4n) is 5.96. The first-order valence-electron chi connectivity index (χ1n) is 24.6. The molecule has 0 spiro atoms. The molecule has 1 N–H and O–H groups in total. The van der Waals surface area contributed by atoms with Crippen LogP contribution in [0.15, 0.2) is 109 Å². The van der Waals surface area contributed by atoms with Crippen LogP contribution in [0.3, 0.4) is 0 Å². The number of phosphoric ester groups is 1. The van der Waals surface area contributed by atoms with E-state index in [2.05, 4.69) is 123 Å². The van der Waals surface area contributed by atoms with Crippen LogP contribution in [0.25, 0.3) is 0 Å². The summed E-state index contributed by atoms with van der Waals surface area (Å²) in [6.45, 7) is 4.19. The first-order valence-corrected chi connectivity index (χ1v) is 26.1. The molecule has 0 fully saturated rings. The van der Waals surface area contributed by atoms with Crippen molar-refractivity contribution in [1.82, 2.24) is 0 Å². The normalized spacial score (nSPS) is 14.4. The van der Waals surface area contributed by atoms with Crippen molar-refractivity contribution < 1.29 is 42.1 Å². The van der Waals surface area contributed by atoms with Crippen LogP contribution in [0.4, 0.5) is 0 Å². The topological polar surface area (TPSA) is 108 Å². The number of nitrogens with zero attached hydrogens (tertiary/aromatic N) is 1. The molecule has 0 aliphatic carbocycles. The van der Waals surface area contributed by atoms with E-state index in [-0.39, 0.29) is 26.1 Å². The molecule has 0 saturated heterocycles. The van der Waals surface area contributed by atoms with Gasteiger partial charge in [0, 0.05) is 12.8 Å². The molecular formula is C54H91NO8P+. The Hall–Kier alpha value is -3.33. The first kappa shape index (κ1) is 60.7. The monoisotopic (exact) mass is 913 g/mol. The van der Waals surface area contributed by atoms with Crippen molar-refractivity contribution in [2.24, 2.45) is 0 Å². The number of hydrogen-bond acceptors (Lipinski definition) is 7. The summed E-state index contributed by atoms with van der Waals surface area (Å²) in [5.41, 5.74) is 0. The van der Waals surface area contributed by atoms with Gasteiger partial charge >= 0.3 is 19.8 Å². The largest absolute Gasteiger partial charge is 0.472 e. The highest BCUT2D eigenvalue weighted by Crippen LogP contribution is 2.43. The standard InChI is InChI=1S/C54H90NO8P/c1-6-8-10-12-14-16-18-20-22-24-26-27-29-31-33-35-37-39-41-43-45-47-54(57)63-52(51-62-64(58,59)61-49-48-55(3,4)5)50-60-53(56)46-44-42-40-38-36-34-32-30-28-25-23-21-19-17-15-13-11-9-7-2/h8,10,14-17,20-23,26-28,30-31,33,37,39,52H,6-7,9,11-13,18-19,24-25,29,32,34-36,38,40-51H2,1-5H3/p+1/b10-8-,16-14-,17-15-,22-20-,23-21-,27-26-,30-28-,33-31-,39-37-. The maximum Gasteiger partial charge on any atom is 0.472 e. The molecule has 0 aliphatic rings. The molecule has 9 nitrogen and oxygen atoms in total. The number of hydrogen-bond donors (Lipinski definition) is 1. The average Bonchev–Trinajstić information content (AvgIpc) is 3.25. The van der Waals surface area contributed by atoms with Gasteiger partial charge in [0.2, 0.25) is 0 Å². The van der Waals surface area contributed by atoms with E-state index in [0.29, 0.717) is 23.9 Å². The number of likely N-dealkylation sites (N-methyl/N-ethyl adjacent to an activating group) is 1. The summed E-state index contributed by atoms with van der Waals surface area (Å²) in [6, 6.07) is 0. The number of rotatable bonds is 43. The first-order chi connectivity index (χ1) is 31.0. The summed E-state index contributed by atoms with van der Waals surface area (Å²) in [4.78, 5) is 35.5. The fraction of sp³-hybridized carbons (Fsp3) is 0.630. The Balaban J connectivity index is 4.43. The second-order valence-corrected chi connectivity index (χ2v) is 18.6. The average molecular weight is 913 g/mol. The smallest absolute Gasteiger partial charge is 0.462 e.